The van der Waals surface area contributed by atoms with E-state index in [9.17, 15) is 8.42 Å². The molecular formula is C21H28N4O4S. The van der Waals surface area contributed by atoms with Gasteiger partial charge in [-0.25, -0.2) is 18.5 Å². The van der Waals surface area contributed by atoms with Gasteiger partial charge in [-0.2, -0.15) is 0 Å². The van der Waals surface area contributed by atoms with E-state index in [1.165, 1.54) is 5.56 Å². The predicted octanol–water partition coefficient (Wildman–Crippen LogP) is 2.50. The van der Waals surface area contributed by atoms with Crippen molar-refractivity contribution in [3.8, 4) is 11.5 Å². The predicted molar refractivity (Wildman–Crippen MR) is 115 cm³/mol. The molecule has 1 aliphatic carbocycles. The summed E-state index contributed by atoms with van der Waals surface area (Å²) in [5, 5.41) is 11.7. The van der Waals surface area contributed by atoms with Gasteiger partial charge in [0.05, 0.1) is 5.75 Å². The summed E-state index contributed by atoms with van der Waals surface area (Å²) in [6.45, 7) is 2.69. The first-order valence-electron chi connectivity index (χ1n) is 10.2. The van der Waals surface area contributed by atoms with E-state index in [1.54, 1.807) is 0 Å². The summed E-state index contributed by atoms with van der Waals surface area (Å²) in [6.07, 6.45) is 5.15. The number of benzene rings is 1. The van der Waals surface area contributed by atoms with Crippen LogP contribution >= 0.6 is 0 Å². The third kappa shape index (κ3) is 5.03. The smallest absolute Gasteiger partial charge is 0.231 e. The lowest BCUT2D eigenvalue weighted by Crippen LogP contribution is -2.29. The number of fused-ring (bicyclic) bond motifs is 1. The van der Waals surface area contributed by atoms with E-state index < -0.39 is 10.0 Å². The van der Waals surface area contributed by atoms with E-state index in [2.05, 4.69) is 34.7 Å². The summed E-state index contributed by atoms with van der Waals surface area (Å²) < 4.78 is 33.1. The molecule has 30 heavy (non-hydrogen) atoms. The van der Waals surface area contributed by atoms with Gasteiger partial charge < -0.3 is 20.1 Å². The Balaban J connectivity index is 1.31. The Hall–Kier alpha value is -2.36. The molecule has 1 aliphatic heterocycles. The fourth-order valence-electron chi connectivity index (χ4n) is 4.25. The first kappa shape index (κ1) is 20.9. The van der Waals surface area contributed by atoms with Crippen LogP contribution in [0.2, 0.25) is 0 Å². The van der Waals surface area contributed by atoms with Crippen LogP contribution in [0.15, 0.2) is 36.5 Å². The van der Waals surface area contributed by atoms with Crippen LogP contribution < -0.4 is 25.2 Å². The maximum atomic E-state index is 11.0. The van der Waals surface area contributed by atoms with Crippen molar-refractivity contribution in [2.24, 2.45) is 5.14 Å². The average Bonchev–Trinajstić information content (AvgIpc) is 3.36. The highest BCUT2D eigenvalue weighted by Gasteiger charge is 2.29. The Morgan fingerprint density at radius 1 is 1.23 bits per heavy atom. The molecule has 2 aromatic rings. The maximum Gasteiger partial charge on any atom is 0.231 e. The minimum absolute atomic E-state index is 0.119. The van der Waals surface area contributed by atoms with Gasteiger partial charge in [-0.1, -0.05) is 18.2 Å². The number of hydrogen-bond acceptors (Lipinski definition) is 7. The number of sulfonamides is 1. The molecule has 162 valence electrons. The minimum atomic E-state index is -3.47. The summed E-state index contributed by atoms with van der Waals surface area (Å²) in [7, 11) is -3.47. The number of primary sulfonamides is 1. The van der Waals surface area contributed by atoms with Crippen molar-refractivity contribution in [1.82, 2.24) is 10.3 Å². The first-order chi connectivity index (χ1) is 14.4. The molecule has 0 radical (unpaired) electrons. The quantitative estimate of drug-likeness (QED) is 0.587. The van der Waals surface area contributed by atoms with Gasteiger partial charge in [0.1, 0.15) is 5.82 Å². The topological polar surface area (TPSA) is 116 Å². The van der Waals surface area contributed by atoms with Crippen molar-refractivity contribution < 1.29 is 17.9 Å². The number of aromatic nitrogens is 1. The normalized spacial score (nSPS) is 21.5. The molecule has 8 nitrogen and oxygen atoms in total. The number of nitrogens with one attached hydrogen (secondary N) is 2. The van der Waals surface area contributed by atoms with E-state index in [1.807, 2.05) is 24.4 Å². The molecule has 1 saturated carbocycles. The molecule has 1 aromatic carbocycles. The van der Waals surface area contributed by atoms with Crippen LogP contribution in [-0.4, -0.2) is 38.5 Å². The number of hydrogen-bond donors (Lipinski definition) is 3. The van der Waals surface area contributed by atoms with E-state index in [-0.39, 0.29) is 25.1 Å². The van der Waals surface area contributed by atoms with E-state index >= 15 is 0 Å². The van der Waals surface area contributed by atoms with Crippen molar-refractivity contribution in [3.05, 3.63) is 47.7 Å². The van der Waals surface area contributed by atoms with Crippen LogP contribution in [0.4, 0.5) is 5.82 Å². The summed E-state index contributed by atoms with van der Waals surface area (Å²) in [5.74, 6) is 2.66. The molecule has 0 amide bonds. The SMILES string of the molecule is CC(NC1CCC(c2ccc(NCCS(N)(=O)=O)nc2)C1)c1cccc2c1OCO2. The second-order valence-electron chi connectivity index (χ2n) is 7.95. The monoisotopic (exact) mass is 432 g/mol. The van der Waals surface area contributed by atoms with Gasteiger partial charge in [0.25, 0.3) is 0 Å². The minimum Gasteiger partial charge on any atom is -0.454 e. The zero-order valence-corrected chi connectivity index (χ0v) is 17.8. The van der Waals surface area contributed by atoms with E-state index in [0.717, 1.165) is 36.3 Å². The number of para-hydroxylation sites is 1. The Bertz CT molecular complexity index is 981. The number of nitrogens with two attached hydrogens (primary N) is 1. The summed E-state index contributed by atoms with van der Waals surface area (Å²) in [5.41, 5.74) is 2.34. The summed E-state index contributed by atoms with van der Waals surface area (Å²) >= 11 is 0. The molecule has 0 spiro atoms. The second-order valence-corrected chi connectivity index (χ2v) is 9.68. The molecule has 9 heteroatoms. The molecule has 4 N–H and O–H groups in total. The molecule has 2 aliphatic rings. The van der Waals surface area contributed by atoms with Crippen LogP contribution in [0.3, 0.4) is 0 Å². The Labute approximate surface area is 177 Å². The number of rotatable bonds is 8. The van der Waals surface area contributed by atoms with Gasteiger partial charge in [-0.3, -0.25) is 0 Å². The molecule has 4 rings (SSSR count). The molecule has 2 heterocycles. The van der Waals surface area contributed by atoms with Gasteiger partial charge in [0.15, 0.2) is 11.5 Å². The van der Waals surface area contributed by atoms with Gasteiger partial charge in [0, 0.05) is 30.4 Å². The molecule has 0 saturated heterocycles. The highest BCUT2D eigenvalue weighted by molar-refractivity contribution is 7.89. The number of nitrogens with zero attached hydrogens (tertiary/aromatic N) is 1. The standard InChI is InChI=1S/C21H28N4O4S/c1-14(18-3-2-4-19-21(18)29-13-28-19)25-17-7-5-15(11-17)16-6-8-20(24-12-16)23-9-10-30(22,26)27/h2-4,6,8,12,14-15,17,25H,5,7,9-11,13H2,1H3,(H,23,24)(H2,22,26,27). The zero-order valence-electron chi connectivity index (χ0n) is 17.0. The van der Waals surface area contributed by atoms with Gasteiger partial charge in [0.2, 0.25) is 16.8 Å². The second kappa shape index (κ2) is 8.79. The van der Waals surface area contributed by atoms with Crippen LogP contribution in [0.1, 0.15) is 49.3 Å². The van der Waals surface area contributed by atoms with Crippen molar-refractivity contribution in [2.75, 3.05) is 24.4 Å². The Morgan fingerprint density at radius 3 is 2.87 bits per heavy atom. The lowest BCUT2D eigenvalue weighted by molar-refractivity contribution is 0.172. The van der Waals surface area contributed by atoms with Crippen molar-refractivity contribution in [2.45, 2.75) is 44.2 Å². The molecule has 3 unspecified atom stereocenters. The third-order valence-electron chi connectivity index (χ3n) is 5.76. The van der Waals surface area contributed by atoms with Crippen LogP contribution in [0, 0.1) is 0 Å². The van der Waals surface area contributed by atoms with Crippen molar-refractivity contribution in [1.29, 1.82) is 0 Å². The van der Waals surface area contributed by atoms with Crippen LogP contribution in [0.5, 0.6) is 11.5 Å². The number of anilines is 1. The largest absolute Gasteiger partial charge is 0.454 e. The van der Waals surface area contributed by atoms with Gasteiger partial charge in [-0.15, -0.1) is 0 Å². The Kier molecular flexibility index (Phi) is 6.12. The lowest BCUT2D eigenvalue weighted by Gasteiger charge is -2.21. The number of ether oxygens (including phenoxy) is 2. The molecule has 3 atom stereocenters. The van der Waals surface area contributed by atoms with E-state index in [0.29, 0.717) is 17.8 Å². The van der Waals surface area contributed by atoms with Crippen LogP contribution in [-0.2, 0) is 10.0 Å². The fourth-order valence-corrected chi connectivity index (χ4v) is 4.63. The molecule has 0 bridgehead atoms. The van der Waals surface area contributed by atoms with Crippen molar-refractivity contribution in [3.63, 3.8) is 0 Å². The molecule has 1 fully saturated rings. The summed E-state index contributed by atoms with van der Waals surface area (Å²) in [6, 6.07) is 10.6. The third-order valence-corrected chi connectivity index (χ3v) is 6.54. The number of pyridine rings is 1. The molecular weight excluding hydrogens is 404 g/mol. The molecule has 1 aromatic heterocycles. The highest BCUT2D eigenvalue weighted by atomic mass is 32.2. The Morgan fingerprint density at radius 2 is 2.10 bits per heavy atom. The van der Waals surface area contributed by atoms with Crippen molar-refractivity contribution >= 4 is 15.8 Å². The van der Waals surface area contributed by atoms with E-state index in [4.69, 9.17) is 14.6 Å². The van der Waals surface area contributed by atoms with Gasteiger partial charge in [-0.05, 0) is 49.8 Å². The van der Waals surface area contributed by atoms with Crippen LogP contribution in [0.25, 0.3) is 0 Å². The van der Waals surface area contributed by atoms with Gasteiger partial charge >= 0.3 is 0 Å². The first-order valence-corrected chi connectivity index (χ1v) is 12.0. The average molecular weight is 433 g/mol. The zero-order chi connectivity index (χ0) is 21.1. The highest BCUT2D eigenvalue weighted by Crippen LogP contribution is 2.40. The fraction of sp³-hybridized carbons (Fsp3) is 0.476. The maximum absolute atomic E-state index is 11.0. The lowest BCUT2D eigenvalue weighted by atomic mass is 9.99. The summed E-state index contributed by atoms with van der Waals surface area (Å²) in [4.78, 5) is 4.42.